The third-order valence-electron chi connectivity index (χ3n) is 1.61. The van der Waals surface area contributed by atoms with Crippen molar-refractivity contribution in [2.75, 3.05) is 13.2 Å². The summed E-state index contributed by atoms with van der Waals surface area (Å²) in [5.74, 6) is 0. The zero-order valence-electron chi connectivity index (χ0n) is 8.58. The van der Waals surface area contributed by atoms with Gasteiger partial charge in [-0.15, -0.1) is 0 Å². The van der Waals surface area contributed by atoms with Crippen molar-refractivity contribution >= 4 is 8.09 Å². The summed E-state index contributed by atoms with van der Waals surface area (Å²) >= 11 is 0. The Morgan fingerprint density at radius 1 is 1.08 bits per heavy atom. The molecule has 3 N–H and O–H groups in total. The standard InChI is InChI=1S/C8H22NO3P/c1-3-5-7-11-13(9,10)12-8-6-4-2/h10,13H,3-9H2,1-2H3. The molecule has 0 bridgehead atoms. The number of unbranched alkanes of at least 4 members (excludes halogenated alkanes) is 2. The fraction of sp³-hybridized carbons (Fsp3) is 1.00. The van der Waals surface area contributed by atoms with Gasteiger partial charge in [0.05, 0.1) is 0 Å². The van der Waals surface area contributed by atoms with Crippen molar-refractivity contribution in [1.29, 1.82) is 0 Å². The maximum atomic E-state index is 9.44. The first-order chi connectivity index (χ1) is 6.12. The molecular formula is C8H22NO3P. The van der Waals surface area contributed by atoms with E-state index in [1.165, 1.54) is 0 Å². The quantitative estimate of drug-likeness (QED) is 0.476. The molecule has 0 aliphatic rings. The fourth-order valence-corrected chi connectivity index (χ4v) is 1.72. The second-order valence-corrected chi connectivity index (χ2v) is 4.87. The molecule has 0 atom stereocenters. The van der Waals surface area contributed by atoms with Crippen LogP contribution in [0.25, 0.3) is 0 Å². The Bertz CT molecular complexity index is 110. The van der Waals surface area contributed by atoms with Crippen LogP contribution in [0, 0.1) is 0 Å². The van der Waals surface area contributed by atoms with Crippen LogP contribution in [-0.4, -0.2) is 18.1 Å². The van der Waals surface area contributed by atoms with Crippen molar-refractivity contribution in [3.63, 3.8) is 0 Å². The Labute approximate surface area is 81.1 Å². The first-order valence-electron chi connectivity index (χ1n) is 4.91. The average molecular weight is 211 g/mol. The van der Waals surface area contributed by atoms with Crippen molar-refractivity contribution in [3.05, 3.63) is 0 Å². The van der Waals surface area contributed by atoms with Gasteiger partial charge in [-0.25, -0.2) is 0 Å². The molecule has 4 nitrogen and oxygen atoms in total. The molecule has 0 aromatic rings. The van der Waals surface area contributed by atoms with Gasteiger partial charge in [0.25, 0.3) is 0 Å². The summed E-state index contributed by atoms with van der Waals surface area (Å²) in [5, 5.41) is 0. The predicted molar refractivity (Wildman–Crippen MR) is 56.4 cm³/mol. The Hall–Kier alpha value is 0.270. The van der Waals surface area contributed by atoms with Gasteiger partial charge in [0, 0.05) is 0 Å². The van der Waals surface area contributed by atoms with E-state index in [1.807, 2.05) is 0 Å². The van der Waals surface area contributed by atoms with Crippen molar-refractivity contribution in [1.82, 2.24) is 0 Å². The van der Waals surface area contributed by atoms with E-state index >= 15 is 0 Å². The summed E-state index contributed by atoms with van der Waals surface area (Å²) in [5.41, 5.74) is 5.45. The SMILES string of the molecule is CCCCO[PH](N)(O)OCCCC. The number of rotatable bonds is 8. The maximum absolute atomic E-state index is 9.44. The molecular weight excluding hydrogens is 189 g/mol. The second-order valence-electron chi connectivity index (χ2n) is 3.03. The molecule has 0 rings (SSSR count). The van der Waals surface area contributed by atoms with E-state index in [-0.39, 0.29) is 0 Å². The van der Waals surface area contributed by atoms with Crippen LogP contribution < -0.4 is 5.50 Å². The first kappa shape index (κ1) is 13.3. The fourth-order valence-electron chi connectivity index (χ4n) is 0.767. The van der Waals surface area contributed by atoms with Gasteiger partial charge in [0.15, 0.2) is 0 Å². The topological polar surface area (TPSA) is 64.7 Å². The summed E-state index contributed by atoms with van der Waals surface area (Å²) in [6, 6.07) is 0. The molecule has 13 heavy (non-hydrogen) atoms. The Morgan fingerprint density at radius 2 is 1.46 bits per heavy atom. The zero-order valence-corrected chi connectivity index (χ0v) is 9.58. The molecule has 0 fully saturated rings. The van der Waals surface area contributed by atoms with E-state index in [0.717, 1.165) is 25.7 Å². The van der Waals surface area contributed by atoms with Gasteiger partial charge in [-0.1, -0.05) is 0 Å². The van der Waals surface area contributed by atoms with Gasteiger partial charge in [-0.2, -0.15) is 0 Å². The van der Waals surface area contributed by atoms with Gasteiger partial charge in [-0.3, -0.25) is 0 Å². The van der Waals surface area contributed by atoms with Gasteiger partial charge in [-0.05, 0) is 0 Å². The molecule has 0 aromatic heterocycles. The Balaban J connectivity index is 3.42. The summed E-state index contributed by atoms with van der Waals surface area (Å²) in [4.78, 5) is 9.44. The number of nitrogens with two attached hydrogens (primary N) is 1. The molecule has 0 radical (unpaired) electrons. The molecule has 0 heterocycles. The number of hydrogen-bond donors (Lipinski definition) is 2. The van der Waals surface area contributed by atoms with E-state index in [9.17, 15) is 4.89 Å². The van der Waals surface area contributed by atoms with E-state index in [2.05, 4.69) is 13.8 Å². The van der Waals surface area contributed by atoms with Crippen LogP contribution in [0.15, 0.2) is 0 Å². The Morgan fingerprint density at radius 3 is 1.77 bits per heavy atom. The van der Waals surface area contributed by atoms with E-state index in [4.69, 9.17) is 14.6 Å². The van der Waals surface area contributed by atoms with E-state index in [0.29, 0.717) is 13.2 Å². The molecule has 82 valence electrons. The van der Waals surface area contributed by atoms with Crippen LogP contribution in [0.3, 0.4) is 0 Å². The minimum absolute atomic E-state index is 0.488. The van der Waals surface area contributed by atoms with Crippen molar-refractivity contribution in [2.45, 2.75) is 39.5 Å². The van der Waals surface area contributed by atoms with Crippen LogP contribution in [0.2, 0.25) is 0 Å². The monoisotopic (exact) mass is 211 g/mol. The third kappa shape index (κ3) is 8.60. The molecule has 0 amide bonds. The van der Waals surface area contributed by atoms with Crippen molar-refractivity contribution in [3.8, 4) is 0 Å². The molecule has 0 unspecified atom stereocenters. The second kappa shape index (κ2) is 7.65. The van der Waals surface area contributed by atoms with Gasteiger partial charge >= 0.3 is 80.3 Å². The molecule has 0 aliphatic heterocycles. The number of hydrogen-bond acceptors (Lipinski definition) is 4. The molecule has 0 spiro atoms. The summed E-state index contributed by atoms with van der Waals surface area (Å²) in [6.07, 6.45) is 3.87. The van der Waals surface area contributed by atoms with Crippen LogP contribution in [0.4, 0.5) is 0 Å². The Kier molecular flexibility index (Phi) is 7.81. The van der Waals surface area contributed by atoms with Gasteiger partial charge in [0.2, 0.25) is 0 Å². The van der Waals surface area contributed by atoms with Gasteiger partial charge < -0.3 is 0 Å². The normalized spacial score (nSPS) is 13.2. The molecule has 0 saturated carbocycles. The molecule has 5 heteroatoms. The van der Waals surface area contributed by atoms with Gasteiger partial charge in [0.1, 0.15) is 0 Å². The summed E-state index contributed by atoms with van der Waals surface area (Å²) < 4.78 is 10.1. The molecule has 0 saturated heterocycles. The summed E-state index contributed by atoms with van der Waals surface area (Å²) in [6.45, 7) is 5.08. The summed E-state index contributed by atoms with van der Waals surface area (Å²) in [7, 11) is -3.28. The van der Waals surface area contributed by atoms with Crippen molar-refractivity contribution < 1.29 is 13.9 Å². The molecule has 0 aromatic carbocycles. The zero-order chi connectivity index (χ0) is 10.2. The van der Waals surface area contributed by atoms with Crippen molar-refractivity contribution in [2.24, 2.45) is 5.50 Å². The average Bonchev–Trinajstić information content (AvgIpc) is 2.05. The first-order valence-corrected chi connectivity index (χ1v) is 6.75. The van der Waals surface area contributed by atoms with E-state index in [1.54, 1.807) is 0 Å². The van der Waals surface area contributed by atoms with Crippen LogP contribution in [-0.2, 0) is 9.05 Å². The van der Waals surface area contributed by atoms with Crippen LogP contribution >= 0.6 is 8.09 Å². The van der Waals surface area contributed by atoms with E-state index < -0.39 is 8.09 Å². The van der Waals surface area contributed by atoms with Crippen LogP contribution in [0.5, 0.6) is 0 Å². The minimum atomic E-state index is -3.28. The predicted octanol–water partition coefficient (Wildman–Crippen LogP) is 1.98. The third-order valence-corrected chi connectivity index (χ3v) is 2.85. The van der Waals surface area contributed by atoms with Crippen LogP contribution in [0.1, 0.15) is 39.5 Å². The molecule has 0 aliphatic carbocycles.